The second-order valence-electron chi connectivity index (χ2n) is 7.49. The smallest absolute Gasteiger partial charge is 0.331 e. The summed E-state index contributed by atoms with van der Waals surface area (Å²) in [6, 6.07) is 0. The largest absolute Gasteiger partial charge is 0.455 e. The maximum Gasteiger partial charge on any atom is 0.331 e. The lowest BCUT2D eigenvalue weighted by Gasteiger charge is -2.41. The number of esters is 1. The van der Waals surface area contributed by atoms with Gasteiger partial charge >= 0.3 is 5.97 Å². The number of hydrogen-bond acceptors (Lipinski definition) is 3. The molecule has 2 aliphatic carbocycles. The van der Waals surface area contributed by atoms with Crippen LogP contribution in [0.2, 0.25) is 0 Å². The van der Waals surface area contributed by atoms with E-state index in [0.717, 1.165) is 29.6 Å². The first kappa shape index (κ1) is 18.7. The maximum absolute atomic E-state index is 12.4. The highest BCUT2D eigenvalue weighted by Crippen LogP contribution is 2.51. The molecule has 0 radical (unpaired) electrons. The second-order valence-corrected chi connectivity index (χ2v) is 7.49. The quantitative estimate of drug-likeness (QED) is 0.428. The molecule has 2 fully saturated rings. The van der Waals surface area contributed by atoms with Crippen LogP contribution in [0.25, 0.3) is 0 Å². The molecular formula is C21H30O3. The van der Waals surface area contributed by atoms with Crippen LogP contribution in [-0.2, 0) is 14.3 Å². The van der Waals surface area contributed by atoms with Crippen LogP contribution < -0.4 is 0 Å². The van der Waals surface area contributed by atoms with Crippen molar-refractivity contribution < 1.29 is 14.3 Å². The van der Waals surface area contributed by atoms with Gasteiger partial charge in [0, 0.05) is 12.5 Å². The average Bonchev–Trinajstić information content (AvgIpc) is 2.86. The van der Waals surface area contributed by atoms with Gasteiger partial charge in [-0.05, 0) is 61.5 Å². The van der Waals surface area contributed by atoms with Crippen molar-refractivity contribution in [1.29, 1.82) is 0 Å². The molecule has 4 atom stereocenters. The van der Waals surface area contributed by atoms with E-state index in [1.807, 2.05) is 26.8 Å². The molecule has 3 heteroatoms. The molecule has 0 aromatic carbocycles. The molecule has 0 bridgehead atoms. The van der Waals surface area contributed by atoms with Gasteiger partial charge in [0.1, 0.15) is 6.10 Å². The van der Waals surface area contributed by atoms with E-state index in [1.54, 1.807) is 6.08 Å². The van der Waals surface area contributed by atoms with Crippen molar-refractivity contribution >= 4 is 11.8 Å². The summed E-state index contributed by atoms with van der Waals surface area (Å²) < 4.78 is 5.72. The van der Waals surface area contributed by atoms with E-state index in [9.17, 15) is 9.59 Å². The van der Waals surface area contributed by atoms with E-state index in [0.29, 0.717) is 18.3 Å². The molecule has 0 amide bonds. The third kappa shape index (κ3) is 3.55. The second kappa shape index (κ2) is 7.50. The topological polar surface area (TPSA) is 43.4 Å². The molecular weight excluding hydrogens is 300 g/mol. The van der Waals surface area contributed by atoms with Crippen LogP contribution in [0.4, 0.5) is 0 Å². The zero-order valence-electron chi connectivity index (χ0n) is 15.6. The molecule has 0 unspecified atom stereocenters. The molecule has 0 aliphatic heterocycles. The molecule has 0 aromatic heterocycles. The molecule has 2 aliphatic rings. The van der Waals surface area contributed by atoms with Gasteiger partial charge in [0.2, 0.25) is 0 Å². The number of fused-ring (bicyclic) bond motifs is 1. The molecule has 24 heavy (non-hydrogen) atoms. The van der Waals surface area contributed by atoms with Gasteiger partial charge in [-0.25, -0.2) is 4.79 Å². The number of ether oxygens (including phenoxy) is 1. The molecule has 0 spiro atoms. The predicted octanol–water partition coefficient (Wildman–Crippen LogP) is 4.64. The predicted molar refractivity (Wildman–Crippen MR) is 96.4 cm³/mol. The molecule has 0 aromatic rings. The summed E-state index contributed by atoms with van der Waals surface area (Å²) in [5.74, 6) is 1.05. The van der Waals surface area contributed by atoms with E-state index in [2.05, 4.69) is 20.4 Å². The lowest BCUT2D eigenvalue weighted by molar-refractivity contribution is -0.143. The zero-order chi connectivity index (χ0) is 18.0. The van der Waals surface area contributed by atoms with Crippen LogP contribution in [0.1, 0.15) is 53.9 Å². The van der Waals surface area contributed by atoms with Crippen molar-refractivity contribution in [3.63, 3.8) is 0 Å². The summed E-state index contributed by atoms with van der Waals surface area (Å²) in [6.45, 7) is 14.5. The fraction of sp³-hybridized carbons (Fsp3) is 0.619. The van der Waals surface area contributed by atoms with Crippen molar-refractivity contribution in [3.05, 3.63) is 35.5 Å². The van der Waals surface area contributed by atoms with Crippen LogP contribution in [0.5, 0.6) is 0 Å². The van der Waals surface area contributed by atoms with Crippen LogP contribution in [0, 0.1) is 23.7 Å². The number of Topliss-reactive ketones (excluding diaryl/α,β-unsaturated/α-hetero) is 1. The number of carbonyl (C=O) groups is 2. The zero-order valence-corrected chi connectivity index (χ0v) is 15.6. The number of allylic oxidation sites excluding steroid dienone is 3. The molecule has 0 heterocycles. The Balaban J connectivity index is 2.24. The van der Waals surface area contributed by atoms with E-state index in [-0.39, 0.29) is 29.7 Å². The molecule has 3 nitrogen and oxygen atoms in total. The van der Waals surface area contributed by atoms with Crippen molar-refractivity contribution in [2.45, 2.75) is 60.0 Å². The fourth-order valence-electron chi connectivity index (χ4n) is 4.16. The minimum Gasteiger partial charge on any atom is -0.455 e. The molecule has 0 saturated heterocycles. The molecule has 2 rings (SSSR count). The highest BCUT2D eigenvalue weighted by molar-refractivity contribution is 5.99. The highest BCUT2D eigenvalue weighted by Gasteiger charge is 2.50. The summed E-state index contributed by atoms with van der Waals surface area (Å²) in [7, 11) is 0. The van der Waals surface area contributed by atoms with Gasteiger partial charge in [0.05, 0.1) is 0 Å². The van der Waals surface area contributed by atoms with Crippen molar-refractivity contribution in [2.75, 3.05) is 0 Å². The third-order valence-corrected chi connectivity index (χ3v) is 5.70. The Morgan fingerprint density at radius 1 is 1.42 bits per heavy atom. The van der Waals surface area contributed by atoms with Gasteiger partial charge in [0.15, 0.2) is 5.78 Å². The maximum atomic E-state index is 12.4. The summed E-state index contributed by atoms with van der Waals surface area (Å²) in [4.78, 5) is 24.5. The van der Waals surface area contributed by atoms with Crippen molar-refractivity contribution in [2.24, 2.45) is 23.7 Å². The molecule has 132 valence electrons. The van der Waals surface area contributed by atoms with E-state index in [4.69, 9.17) is 4.74 Å². The van der Waals surface area contributed by atoms with Crippen LogP contribution in [-0.4, -0.2) is 17.9 Å². The van der Waals surface area contributed by atoms with Crippen molar-refractivity contribution in [1.82, 2.24) is 0 Å². The lowest BCUT2D eigenvalue weighted by atomic mass is 9.65. The van der Waals surface area contributed by atoms with Gasteiger partial charge in [-0.3, -0.25) is 4.79 Å². The minimum atomic E-state index is -0.294. The summed E-state index contributed by atoms with van der Waals surface area (Å²) in [5, 5.41) is 0. The monoisotopic (exact) mass is 330 g/mol. The van der Waals surface area contributed by atoms with Crippen LogP contribution in [0.15, 0.2) is 35.5 Å². The van der Waals surface area contributed by atoms with Gasteiger partial charge < -0.3 is 4.74 Å². The molecule has 2 saturated carbocycles. The normalized spacial score (nSPS) is 32.4. The van der Waals surface area contributed by atoms with E-state index in [1.165, 1.54) is 0 Å². The first-order valence-electron chi connectivity index (χ1n) is 9.05. The number of ketones is 1. The SMILES string of the molecule is C=C1[C@H](OC(=O)/C=C(\C)CC)C[C@@H](C(C)C)[C@@H]2/C(=C\C)C(=O)C[C@@H]12. The highest BCUT2D eigenvalue weighted by atomic mass is 16.5. The Kier molecular flexibility index (Phi) is 5.84. The summed E-state index contributed by atoms with van der Waals surface area (Å²) >= 11 is 0. The van der Waals surface area contributed by atoms with Gasteiger partial charge in [-0.2, -0.15) is 0 Å². The lowest BCUT2D eigenvalue weighted by Crippen LogP contribution is -2.39. The first-order valence-corrected chi connectivity index (χ1v) is 9.05. The van der Waals surface area contributed by atoms with E-state index < -0.39 is 0 Å². The minimum absolute atomic E-state index is 0.110. The molecule has 0 N–H and O–H groups in total. The van der Waals surface area contributed by atoms with Crippen molar-refractivity contribution in [3.8, 4) is 0 Å². The summed E-state index contributed by atoms with van der Waals surface area (Å²) in [6.07, 6.45) is 5.35. The van der Waals surface area contributed by atoms with Gasteiger partial charge in [-0.15, -0.1) is 0 Å². The first-order chi connectivity index (χ1) is 11.3. The number of rotatable bonds is 4. The Morgan fingerprint density at radius 2 is 2.08 bits per heavy atom. The summed E-state index contributed by atoms with van der Waals surface area (Å²) in [5.41, 5.74) is 2.87. The van der Waals surface area contributed by atoms with Gasteiger partial charge in [-0.1, -0.05) is 39.0 Å². The number of hydrogen-bond donors (Lipinski definition) is 0. The standard InChI is InChI=1S/C21H30O3/c1-7-13(5)9-20(23)24-19-11-16(12(3)4)21-15(8-2)18(22)10-17(21)14(19)6/h8-9,12,16-17,19,21H,6-7,10-11H2,1-5H3/b13-9+,15-8-/t16-,17-,19+,21-/m0/s1. The Morgan fingerprint density at radius 3 is 2.62 bits per heavy atom. The Labute approximate surface area is 145 Å². The fourth-order valence-corrected chi connectivity index (χ4v) is 4.16. The van der Waals surface area contributed by atoms with Crippen LogP contribution >= 0.6 is 0 Å². The average molecular weight is 330 g/mol. The van der Waals surface area contributed by atoms with Crippen LogP contribution in [0.3, 0.4) is 0 Å². The Bertz CT molecular complexity index is 594. The van der Waals surface area contributed by atoms with Gasteiger partial charge in [0.25, 0.3) is 0 Å². The third-order valence-electron chi connectivity index (χ3n) is 5.70. The van der Waals surface area contributed by atoms with E-state index >= 15 is 0 Å². The Hall–Kier alpha value is -1.64. The number of carbonyl (C=O) groups excluding carboxylic acids is 2.